The molecule has 0 bridgehead atoms. The fraction of sp³-hybridized carbons (Fsp3) is 0.150. The number of likely N-dealkylation sites (N-methyl/N-ethyl adjacent to an activating group) is 1. The van der Waals surface area contributed by atoms with Gasteiger partial charge in [-0.3, -0.25) is 9.59 Å². The molecule has 134 valence electrons. The predicted molar refractivity (Wildman–Crippen MR) is 97.4 cm³/mol. The van der Waals surface area contributed by atoms with Gasteiger partial charge in [0.25, 0.3) is 5.91 Å². The van der Waals surface area contributed by atoms with Gasteiger partial charge in [0.2, 0.25) is 0 Å². The lowest BCUT2D eigenvalue weighted by Crippen LogP contribution is -2.27. The number of aromatic carboxylic acids is 1. The van der Waals surface area contributed by atoms with Crippen LogP contribution >= 0.6 is 0 Å². The number of amides is 1. The van der Waals surface area contributed by atoms with E-state index in [2.05, 4.69) is 0 Å². The number of allylic oxidation sites excluding steroid dienone is 1. The van der Waals surface area contributed by atoms with E-state index >= 15 is 0 Å². The van der Waals surface area contributed by atoms with Gasteiger partial charge in [-0.25, -0.2) is 4.79 Å². The number of carboxylic acid groups (broad SMARTS) is 1. The largest absolute Gasteiger partial charge is 0.484 e. The van der Waals surface area contributed by atoms with E-state index in [1.807, 2.05) is 0 Å². The molecule has 0 radical (unpaired) electrons. The molecule has 0 fully saturated rings. The standard InChI is InChI=1S/C20H19NO5/c1-21(2)19(23)13-26-17-10-8-15(9-11-17)18(22)12-5-14-3-6-16(7-4-14)20(24)25/h3-12H,13H2,1-2H3,(H,24,25). The van der Waals surface area contributed by atoms with E-state index in [9.17, 15) is 14.4 Å². The normalized spacial score (nSPS) is 10.5. The topological polar surface area (TPSA) is 83.9 Å². The first-order chi connectivity index (χ1) is 12.4. The van der Waals surface area contributed by atoms with Crippen molar-refractivity contribution >= 4 is 23.7 Å². The Morgan fingerprint density at radius 2 is 1.54 bits per heavy atom. The maximum atomic E-state index is 12.2. The Kier molecular flexibility index (Phi) is 6.27. The van der Waals surface area contributed by atoms with E-state index in [0.29, 0.717) is 11.3 Å². The van der Waals surface area contributed by atoms with Gasteiger partial charge in [-0.1, -0.05) is 18.2 Å². The summed E-state index contributed by atoms with van der Waals surface area (Å²) in [7, 11) is 3.30. The molecular weight excluding hydrogens is 334 g/mol. The Bertz CT molecular complexity index is 820. The maximum absolute atomic E-state index is 12.2. The molecule has 0 saturated carbocycles. The summed E-state index contributed by atoms with van der Waals surface area (Å²) in [6.45, 7) is -0.0630. The molecule has 0 aliphatic carbocycles. The molecule has 0 spiro atoms. The highest BCUT2D eigenvalue weighted by Crippen LogP contribution is 2.14. The average Bonchev–Trinajstić information content (AvgIpc) is 2.64. The molecule has 0 unspecified atom stereocenters. The van der Waals surface area contributed by atoms with Crippen molar-refractivity contribution in [1.29, 1.82) is 0 Å². The van der Waals surface area contributed by atoms with Crippen LogP contribution in [0.5, 0.6) is 5.75 Å². The molecule has 1 N–H and O–H groups in total. The van der Waals surface area contributed by atoms with E-state index in [1.165, 1.54) is 23.1 Å². The van der Waals surface area contributed by atoms with Gasteiger partial charge in [0.05, 0.1) is 5.56 Å². The van der Waals surface area contributed by atoms with E-state index < -0.39 is 5.97 Å². The summed E-state index contributed by atoms with van der Waals surface area (Å²) in [6, 6.07) is 12.7. The summed E-state index contributed by atoms with van der Waals surface area (Å²) < 4.78 is 5.36. The van der Waals surface area contributed by atoms with Crippen LogP contribution < -0.4 is 4.74 Å². The van der Waals surface area contributed by atoms with Gasteiger partial charge in [0, 0.05) is 19.7 Å². The zero-order valence-corrected chi connectivity index (χ0v) is 14.5. The van der Waals surface area contributed by atoms with Crippen LogP contribution in [0.4, 0.5) is 0 Å². The van der Waals surface area contributed by atoms with Crippen LogP contribution in [-0.4, -0.2) is 48.4 Å². The molecular formula is C20H19NO5. The monoisotopic (exact) mass is 353 g/mol. The first-order valence-electron chi connectivity index (χ1n) is 7.85. The third kappa shape index (κ3) is 5.31. The molecule has 0 aliphatic rings. The number of carbonyl (C=O) groups is 3. The summed E-state index contributed by atoms with van der Waals surface area (Å²) in [5, 5.41) is 8.86. The highest BCUT2D eigenvalue weighted by molar-refractivity contribution is 6.06. The van der Waals surface area contributed by atoms with E-state index in [-0.39, 0.29) is 23.9 Å². The average molecular weight is 353 g/mol. The van der Waals surface area contributed by atoms with Crippen LogP contribution in [0.25, 0.3) is 6.08 Å². The van der Waals surface area contributed by atoms with Crippen molar-refractivity contribution in [2.24, 2.45) is 0 Å². The summed E-state index contributed by atoms with van der Waals surface area (Å²) >= 11 is 0. The second-order valence-corrected chi connectivity index (χ2v) is 5.73. The number of rotatable bonds is 7. The van der Waals surface area contributed by atoms with Crippen molar-refractivity contribution in [2.75, 3.05) is 20.7 Å². The zero-order chi connectivity index (χ0) is 19.1. The third-order valence-corrected chi connectivity index (χ3v) is 3.58. The number of hydrogen-bond acceptors (Lipinski definition) is 4. The quantitative estimate of drug-likeness (QED) is 0.611. The van der Waals surface area contributed by atoms with Gasteiger partial charge in [0.15, 0.2) is 12.4 Å². The highest BCUT2D eigenvalue weighted by Gasteiger charge is 2.06. The van der Waals surface area contributed by atoms with Crippen molar-refractivity contribution in [1.82, 2.24) is 4.90 Å². The molecule has 26 heavy (non-hydrogen) atoms. The minimum atomic E-state index is -0.994. The van der Waals surface area contributed by atoms with Gasteiger partial charge in [0.1, 0.15) is 5.75 Å². The summed E-state index contributed by atoms with van der Waals surface area (Å²) in [5.41, 5.74) is 1.40. The zero-order valence-electron chi connectivity index (χ0n) is 14.5. The van der Waals surface area contributed by atoms with Gasteiger partial charge >= 0.3 is 5.97 Å². The van der Waals surface area contributed by atoms with Crippen molar-refractivity contribution in [3.63, 3.8) is 0 Å². The van der Waals surface area contributed by atoms with Gasteiger partial charge < -0.3 is 14.7 Å². The van der Waals surface area contributed by atoms with Crippen molar-refractivity contribution in [3.05, 3.63) is 71.3 Å². The molecule has 6 heteroatoms. The van der Waals surface area contributed by atoms with Crippen molar-refractivity contribution in [3.8, 4) is 5.75 Å². The predicted octanol–water partition coefficient (Wildman–Crippen LogP) is 2.75. The number of carboxylic acids is 1. The smallest absolute Gasteiger partial charge is 0.335 e. The SMILES string of the molecule is CN(C)C(=O)COc1ccc(C(=O)C=Cc2ccc(C(=O)O)cc2)cc1. The minimum absolute atomic E-state index is 0.0630. The minimum Gasteiger partial charge on any atom is -0.484 e. The molecule has 0 atom stereocenters. The van der Waals surface area contributed by atoms with Crippen LogP contribution in [0.3, 0.4) is 0 Å². The summed E-state index contributed by atoms with van der Waals surface area (Å²) in [5.74, 6) is -0.832. The maximum Gasteiger partial charge on any atom is 0.335 e. The van der Waals surface area contributed by atoms with E-state index in [4.69, 9.17) is 9.84 Å². The lowest BCUT2D eigenvalue weighted by Gasteiger charge is -2.11. The molecule has 0 heterocycles. The number of ketones is 1. The lowest BCUT2D eigenvalue weighted by atomic mass is 10.1. The van der Waals surface area contributed by atoms with E-state index in [0.717, 1.165) is 5.56 Å². The third-order valence-electron chi connectivity index (χ3n) is 3.58. The van der Waals surface area contributed by atoms with Crippen LogP contribution in [0.15, 0.2) is 54.6 Å². The van der Waals surface area contributed by atoms with Crippen LogP contribution in [0.2, 0.25) is 0 Å². The van der Waals surface area contributed by atoms with Gasteiger partial charge in [-0.05, 0) is 48.0 Å². The Hall–Kier alpha value is -3.41. The number of hydrogen-bond donors (Lipinski definition) is 1. The fourth-order valence-electron chi connectivity index (χ4n) is 1.99. The molecule has 0 aliphatic heterocycles. The second-order valence-electron chi connectivity index (χ2n) is 5.73. The van der Waals surface area contributed by atoms with E-state index in [1.54, 1.807) is 56.6 Å². The van der Waals surface area contributed by atoms with Crippen LogP contribution in [0.1, 0.15) is 26.3 Å². The molecule has 0 aromatic heterocycles. The molecule has 6 nitrogen and oxygen atoms in total. The first kappa shape index (κ1) is 18.9. The van der Waals surface area contributed by atoms with Gasteiger partial charge in [-0.15, -0.1) is 0 Å². The molecule has 1 amide bonds. The number of carbonyl (C=O) groups excluding carboxylic acids is 2. The molecule has 0 saturated heterocycles. The number of ether oxygens (including phenoxy) is 1. The Morgan fingerprint density at radius 3 is 2.08 bits per heavy atom. The fourth-order valence-corrected chi connectivity index (χ4v) is 1.99. The number of nitrogens with zero attached hydrogens (tertiary/aromatic N) is 1. The Balaban J connectivity index is 1.96. The first-order valence-corrected chi connectivity index (χ1v) is 7.85. The number of benzene rings is 2. The summed E-state index contributed by atoms with van der Waals surface area (Å²) in [6.07, 6.45) is 3.04. The van der Waals surface area contributed by atoms with Crippen LogP contribution in [0, 0.1) is 0 Å². The van der Waals surface area contributed by atoms with Crippen molar-refractivity contribution in [2.45, 2.75) is 0 Å². The summed E-state index contributed by atoms with van der Waals surface area (Å²) in [4.78, 5) is 35.9. The van der Waals surface area contributed by atoms with Crippen LogP contribution in [-0.2, 0) is 4.79 Å². The molecule has 2 rings (SSSR count). The Labute approximate surface area is 151 Å². The highest BCUT2D eigenvalue weighted by atomic mass is 16.5. The molecule has 2 aromatic carbocycles. The van der Waals surface area contributed by atoms with Crippen molar-refractivity contribution < 1.29 is 24.2 Å². The Morgan fingerprint density at radius 1 is 0.962 bits per heavy atom. The lowest BCUT2D eigenvalue weighted by molar-refractivity contribution is -0.130. The second kappa shape index (κ2) is 8.62. The van der Waals surface area contributed by atoms with Gasteiger partial charge in [-0.2, -0.15) is 0 Å². The molecule has 2 aromatic rings.